The molecule has 0 fully saturated rings. The number of benzene rings is 1. The van der Waals surface area contributed by atoms with E-state index in [4.69, 9.17) is 14.6 Å². The van der Waals surface area contributed by atoms with Crippen LogP contribution in [0.1, 0.15) is 12.2 Å². The van der Waals surface area contributed by atoms with Crippen LogP contribution in [0.25, 0.3) is 0 Å². The lowest BCUT2D eigenvalue weighted by Gasteiger charge is -2.07. The van der Waals surface area contributed by atoms with Gasteiger partial charge in [0.15, 0.2) is 5.16 Å². The molecule has 2 rings (SSSR count). The number of methoxy groups -OCH3 is 1. The first-order chi connectivity index (χ1) is 11.1. The van der Waals surface area contributed by atoms with Gasteiger partial charge in [-0.1, -0.05) is 11.8 Å². The number of ether oxygens (including phenoxy) is 2. The van der Waals surface area contributed by atoms with Gasteiger partial charge in [-0.25, -0.2) is 0 Å². The summed E-state index contributed by atoms with van der Waals surface area (Å²) in [5, 5.41) is 17.4. The number of thioether (sulfide) groups is 1. The predicted octanol–water partition coefficient (Wildman–Crippen LogP) is 2.01. The van der Waals surface area contributed by atoms with E-state index < -0.39 is 5.97 Å². The summed E-state index contributed by atoms with van der Waals surface area (Å²) in [6.45, 7) is 0.566. The van der Waals surface area contributed by atoms with Crippen molar-refractivity contribution in [2.45, 2.75) is 18.0 Å². The fraction of sp³-hybridized carbons (Fsp3) is 0.400. The molecule has 7 nitrogen and oxygen atoms in total. The highest BCUT2D eigenvalue weighted by atomic mass is 32.2. The number of carboxylic acids is 1. The molecule has 0 aliphatic carbocycles. The normalized spacial score (nSPS) is 10.5. The molecule has 0 unspecified atom stereocenters. The SMILES string of the molecule is COc1ccc(OCCCc2nnc(SCC(=O)O)n2C)cc1. The summed E-state index contributed by atoms with van der Waals surface area (Å²) in [4.78, 5) is 10.6. The molecule has 0 saturated heterocycles. The lowest BCUT2D eigenvalue weighted by Crippen LogP contribution is -2.05. The molecule has 0 amide bonds. The highest BCUT2D eigenvalue weighted by Gasteiger charge is 2.10. The number of carboxylic acid groups (broad SMARTS) is 1. The zero-order chi connectivity index (χ0) is 16.7. The number of hydrogen-bond donors (Lipinski definition) is 1. The Labute approximate surface area is 138 Å². The third kappa shape index (κ3) is 5.17. The van der Waals surface area contributed by atoms with Gasteiger partial charge in [-0.2, -0.15) is 0 Å². The van der Waals surface area contributed by atoms with Gasteiger partial charge in [0.1, 0.15) is 17.3 Å². The van der Waals surface area contributed by atoms with E-state index in [1.807, 2.05) is 35.9 Å². The van der Waals surface area contributed by atoms with Crippen LogP contribution in [0.5, 0.6) is 11.5 Å². The highest BCUT2D eigenvalue weighted by molar-refractivity contribution is 7.99. The van der Waals surface area contributed by atoms with Crippen LogP contribution in [0.4, 0.5) is 0 Å². The van der Waals surface area contributed by atoms with Crippen molar-refractivity contribution in [3.05, 3.63) is 30.1 Å². The molecule has 0 aliphatic heterocycles. The predicted molar refractivity (Wildman–Crippen MR) is 86.2 cm³/mol. The zero-order valence-electron chi connectivity index (χ0n) is 13.1. The Morgan fingerprint density at radius 1 is 1.26 bits per heavy atom. The Morgan fingerprint density at radius 2 is 1.96 bits per heavy atom. The minimum atomic E-state index is -0.868. The van der Waals surface area contributed by atoms with Crippen molar-refractivity contribution in [3.8, 4) is 11.5 Å². The van der Waals surface area contributed by atoms with Gasteiger partial charge in [-0.15, -0.1) is 10.2 Å². The van der Waals surface area contributed by atoms with Crippen molar-refractivity contribution in [2.24, 2.45) is 7.05 Å². The van der Waals surface area contributed by atoms with Gasteiger partial charge in [0.2, 0.25) is 0 Å². The molecular formula is C15H19N3O4S. The van der Waals surface area contributed by atoms with Gasteiger partial charge in [0, 0.05) is 13.5 Å². The summed E-state index contributed by atoms with van der Waals surface area (Å²) in [5.41, 5.74) is 0. The second-order valence-electron chi connectivity index (χ2n) is 4.77. The van der Waals surface area contributed by atoms with E-state index in [-0.39, 0.29) is 5.75 Å². The molecule has 0 atom stereocenters. The van der Waals surface area contributed by atoms with Crippen molar-refractivity contribution in [1.82, 2.24) is 14.8 Å². The average molecular weight is 337 g/mol. The van der Waals surface area contributed by atoms with E-state index in [1.165, 1.54) is 0 Å². The van der Waals surface area contributed by atoms with Crippen molar-refractivity contribution in [1.29, 1.82) is 0 Å². The fourth-order valence-electron chi connectivity index (χ4n) is 1.91. The van der Waals surface area contributed by atoms with Crippen LogP contribution in [0.2, 0.25) is 0 Å². The number of hydrogen-bond acceptors (Lipinski definition) is 6. The molecule has 23 heavy (non-hydrogen) atoms. The number of nitrogens with zero attached hydrogens (tertiary/aromatic N) is 3. The Hall–Kier alpha value is -2.22. The summed E-state index contributed by atoms with van der Waals surface area (Å²) < 4.78 is 12.6. The molecule has 124 valence electrons. The first-order valence-corrected chi connectivity index (χ1v) is 8.08. The number of aryl methyl sites for hydroxylation is 1. The maximum Gasteiger partial charge on any atom is 0.313 e. The van der Waals surface area contributed by atoms with Gasteiger partial charge >= 0.3 is 5.97 Å². The van der Waals surface area contributed by atoms with Crippen molar-refractivity contribution in [3.63, 3.8) is 0 Å². The highest BCUT2D eigenvalue weighted by Crippen LogP contribution is 2.18. The van der Waals surface area contributed by atoms with E-state index in [0.717, 1.165) is 35.5 Å². The fourth-order valence-corrected chi connectivity index (χ4v) is 2.56. The van der Waals surface area contributed by atoms with E-state index in [0.29, 0.717) is 18.2 Å². The summed E-state index contributed by atoms with van der Waals surface area (Å²) in [7, 11) is 3.46. The molecular weight excluding hydrogens is 318 g/mol. The molecule has 2 aromatic rings. The van der Waals surface area contributed by atoms with Crippen LogP contribution in [-0.4, -0.2) is 45.3 Å². The van der Waals surface area contributed by atoms with Crippen molar-refractivity contribution >= 4 is 17.7 Å². The molecule has 0 aliphatic rings. The molecule has 0 saturated carbocycles. The summed E-state index contributed by atoms with van der Waals surface area (Å²) in [5.74, 6) is 1.51. The Balaban J connectivity index is 1.76. The zero-order valence-corrected chi connectivity index (χ0v) is 13.9. The molecule has 1 N–H and O–H groups in total. The minimum absolute atomic E-state index is 0.0213. The Bertz CT molecular complexity index is 643. The van der Waals surface area contributed by atoms with E-state index in [1.54, 1.807) is 7.11 Å². The molecule has 8 heteroatoms. The summed E-state index contributed by atoms with van der Waals surface area (Å²) in [6, 6.07) is 7.43. The van der Waals surface area contributed by atoms with Crippen LogP contribution < -0.4 is 9.47 Å². The van der Waals surface area contributed by atoms with E-state index >= 15 is 0 Å². The van der Waals surface area contributed by atoms with Crippen LogP contribution in [0.15, 0.2) is 29.4 Å². The van der Waals surface area contributed by atoms with Crippen LogP contribution in [0.3, 0.4) is 0 Å². The quantitative estimate of drug-likeness (QED) is 0.553. The number of aromatic nitrogens is 3. The van der Waals surface area contributed by atoms with Gasteiger partial charge in [-0.3, -0.25) is 4.79 Å². The second kappa shape index (κ2) is 8.42. The standard InChI is InChI=1S/C15H19N3O4S/c1-18-13(16-17-15(18)23-10-14(19)20)4-3-9-22-12-7-5-11(21-2)6-8-12/h5-8H,3-4,9-10H2,1-2H3,(H,19,20). The van der Waals surface area contributed by atoms with Crippen LogP contribution in [-0.2, 0) is 18.3 Å². The lowest BCUT2D eigenvalue weighted by atomic mass is 10.3. The van der Waals surface area contributed by atoms with Gasteiger partial charge in [0.05, 0.1) is 19.5 Å². The monoisotopic (exact) mass is 337 g/mol. The number of carbonyl (C=O) groups is 1. The van der Waals surface area contributed by atoms with Crippen LogP contribution >= 0.6 is 11.8 Å². The molecule has 1 aromatic carbocycles. The second-order valence-corrected chi connectivity index (χ2v) is 5.71. The third-order valence-corrected chi connectivity index (χ3v) is 4.13. The van der Waals surface area contributed by atoms with Gasteiger partial charge in [0.25, 0.3) is 0 Å². The molecule has 0 bridgehead atoms. The average Bonchev–Trinajstić information content (AvgIpc) is 2.90. The number of rotatable bonds is 9. The maximum atomic E-state index is 10.6. The Kier molecular flexibility index (Phi) is 6.28. The first kappa shape index (κ1) is 17.1. The molecule has 0 radical (unpaired) electrons. The molecule has 0 spiro atoms. The van der Waals surface area contributed by atoms with Crippen LogP contribution in [0, 0.1) is 0 Å². The lowest BCUT2D eigenvalue weighted by molar-refractivity contribution is -0.133. The van der Waals surface area contributed by atoms with E-state index in [2.05, 4.69) is 10.2 Å². The largest absolute Gasteiger partial charge is 0.497 e. The Morgan fingerprint density at radius 3 is 2.61 bits per heavy atom. The maximum absolute atomic E-state index is 10.6. The molecule has 1 aromatic heterocycles. The molecule has 1 heterocycles. The van der Waals surface area contributed by atoms with E-state index in [9.17, 15) is 4.79 Å². The third-order valence-electron chi connectivity index (χ3n) is 3.12. The topological polar surface area (TPSA) is 86.5 Å². The smallest absolute Gasteiger partial charge is 0.313 e. The minimum Gasteiger partial charge on any atom is -0.497 e. The summed E-state index contributed by atoms with van der Waals surface area (Å²) in [6.07, 6.45) is 1.51. The summed E-state index contributed by atoms with van der Waals surface area (Å²) >= 11 is 1.16. The number of aliphatic carboxylic acids is 1. The van der Waals surface area contributed by atoms with Gasteiger partial charge in [-0.05, 0) is 30.7 Å². The van der Waals surface area contributed by atoms with Gasteiger partial charge < -0.3 is 19.1 Å². The van der Waals surface area contributed by atoms with Crippen molar-refractivity contribution < 1.29 is 19.4 Å². The van der Waals surface area contributed by atoms with Crippen molar-refractivity contribution in [2.75, 3.05) is 19.5 Å². The first-order valence-electron chi connectivity index (χ1n) is 7.10.